The minimum atomic E-state index is 0.454. The number of likely N-dealkylation sites (tertiary alicyclic amines) is 1. The lowest BCUT2D eigenvalue weighted by Crippen LogP contribution is -2.34. The van der Waals surface area contributed by atoms with Crippen LogP contribution in [0.2, 0.25) is 0 Å². The highest BCUT2D eigenvalue weighted by Gasteiger charge is 2.26. The average Bonchev–Trinajstić information content (AvgIpc) is 3.22. The predicted octanol–water partition coefficient (Wildman–Crippen LogP) is 3.00. The number of fused-ring (bicyclic) bond motifs is 1. The maximum absolute atomic E-state index is 5.45. The molecule has 1 aliphatic heterocycles. The van der Waals surface area contributed by atoms with Crippen LogP contribution in [0.4, 0.5) is 0 Å². The van der Waals surface area contributed by atoms with Crippen LogP contribution in [0.1, 0.15) is 36.0 Å². The van der Waals surface area contributed by atoms with Gasteiger partial charge in [-0.3, -0.25) is 4.90 Å². The van der Waals surface area contributed by atoms with Gasteiger partial charge < -0.3 is 13.9 Å². The van der Waals surface area contributed by atoms with Crippen LogP contribution in [0.5, 0.6) is 0 Å². The molecule has 1 saturated heterocycles. The Morgan fingerprint density at radius 1 is 1.23 bits per heavy atom. The van der Waals surface area contributed by atoms with Gasteiger partial charge in [-0.1, -0.05) is 6.07 Å². The first-order chi connectivity index (χ1) is 12.6. The first kappa shape index (κ1) is 17.2. The second-order valence-electron chi connectivity index (χ2n) is 7.64. The van der Waals surface area contributed by atoms with Gasteiger partial charge in [0.2, 0.25) is 0 Å². The molecular weight excluding hydrogens is 326 g/mol. The van der Waals surface area contributed by atoms with Crippen molar-refractivity contribution in [1.29, 1.82) is 0 Å². The zero-order valence-electron chi connectivity index (χ0n) is 15.9. The molecule has 138 valence electrons. The molecule has 0 N–H and O–H groups in total. The Labute approximate surface area is 154 Å². The third-order valence-corrected chi connectivity index (χ3v) is 5.25. The zero-order valence-corrected chi connectivity index (χ0v) is 15.9. The predicted molar refractivity (Wildman–Crippen MR) is 102 cm³/mol. The van der Waals surface area contributed by atoms with E-state index in [1.807, 2.05) is 6.07 Å². The standard InChI is InChI=1S/C20H27N5O/c1-23(2)14-19-21-22-20(24(19)3)17-5-4-9-25(13-17)12-15-6-7-18-16(11-15)8-10-26-18/h6-8,10-11,17H,4-5,9,12-14H2,1-3H3/t17-/m1/s1. The van der Waals surface area contributed by atoms with Gasteiger partial charge in [0.1, 0.15) is 17.2 Å². The molecule has 0 radical (unpaired) electrons. The molecule has 3 heterocycles. The lowest BCUT2D eigenvalue weighted by atomic mass is 9.96. The van der Waals surface area contributed by atoms with Crippen LogP contribution in [-0.4, -0.2) is 51.7 Å². The van der Waals surface area contributed by atoms with E-state index in [2.05, 4.69) is 63.9 Å². The van der Waals surface area contributed by atoms with E-state index in [-0.39, 0.29) is 0 Å². The number of nitrogens with zero attached hydrogens (tertiary/aromatic N) is 5. The molecule has 4 rings (SSSR count). The fourth-order valence-electron chi connectivity index (χ4n) is 3.93. The number of piperidine rings is 1. The summed E-state index contributed by atoms with van der Waals surface area (Å²) in [5.41, 5.74) is 2.29. The summed E-state index contributed by atoms with van der Waals surface area (Å²) in [7, 11) is 6.22. The molecule has 6 nitrogen and oxygen atoms in total. The normalized spacial score (nSPS) is 18.8. The molecule has 1 fully saturated rings. The zero-order chi connectivity index (χ0) is 18.1. The van der Waals surface area contributed by atoms with Gasteiger partial charge in [0, 0.05) is 31.4 Å². The number of hydrogen-bond donors (Lipinski definition) is 0. The van der Waals surface area contributed by atoms with Crippen molar-refractivity contribution in [2.24, 2.45) is 7.05 Å². The fraction of sp³-hybridized carbons (Fsp3) is 0.500. The van der Waals surface area contributed by atoms with Crippen LogP contribution in [0.25, 0.3) is 11.0 Å². The smallest absolute Gasteiger partial charge is 0.146 e. The van der Waals surface area contributed by atoms with E-state index in [1.165, 1.54) is 23.8 Å². The Bertz CT molecular complexity index is 881. The summed E-state index contributed by atoms with van der Waals surface area (Å²) in [5.74, 6) is 2.61. The molecule has 1 aliphatic rings. The maximum Gasteiger partial charge on any atom is 0.146 e. The van der Waals surface area contributed by atoms with Crippen molar-refractivity contribution in [1.82, 2.24) is 24.6 Å². The van der Waals surface area contributed by atoms with Crippen molar-refractivity contribution < 1.29 is 4.42 Å². The SMILES string of the molecule is CN(C)Cc1nnc([C@@H]2CCCN(Cc3ccc4occc4c3)C2)n1C. The lowest BCUT2D eigenvalue weighted by Gasteiger charge is -2.32. The van der Waals surface area contributed by atoms with Crippen molar-refractivity contribution >= 4 is 11.0 Å². The van der Waals surface area contributed by atoms with E-state index >= 15 is 0 Å². The first-order valence-corrected chi connectivity index (χ1v) is 9.31. The van der Waals surface area contributed by atoms with Crippen molar-refractivity contribution in [2.45, 2.75) is 31.8 Å². The van der Waals surface area contributed by atoms with E-state index in [9.17, 15) is 0 Å². The summed E-state index contributed by atoms with van der Waals surface area (Å²) in [6.45, 7) is 3.98. The van der Waals surface area contributed by atoms with Gasteiger partial charge in [-0.15, -0.1) is 10.2 Å². The molecular formula is C20H27N5O. The van der Waals surface area contributed by atoms with E-state index in [0.29, 0.717) is 5.92 Å². The minimum Gasteiger partial charge on any atom is -0.464 e. The van der Waals surface area contributed by atoms with Crippen LogP contribution in [-0.2, 0) is 20.1 Å². The van der Waals surface area contributed by atoms with Crippen LogP contribution < -0.4 is 0 Å². The Morgan fingerprint density at radius 2 is 2.12 bits per heavy atom. The van der Waals surface area contributed by atoms with Gasteiger partial charge in [0.25, 0.3) is 0 Å². The van der Waals surface area contributed by atoms with E-state index < -0.39 is 0 Å². The maximum atomic E-state index is 5.45. The Hall–Kier alpha value is -2.18. The van der Waals surface area contributed by atoms with Crippen molar-refractivity contribution in [3.63, 3.8) is 0 Å². The average molecular weight is 353 g/mol. The summed E-state index contributed by atoms with van der Waals surface area (Å²) >= 11 is 0. The van der Waals surface area contributed by atoms with Crippen molar-refractivity contribution in [3.8, 4) is 0 Å². The van der Waals surface area contributed by atoms with Gasteiger partial charge in [-0.2, -0.15) is 0 Å². The summed E-state index contributed by atoms with van der Waals surface area (Å²) in [5, 5.41) is 10.1. The van der Waals surface area contributed by atoms with E-state index in [4.69, 9.17) is 4.42 Å². The molecule has 2 aromatic heterocycles. The molecule has 0 saturated carbocycles. The number of rotatable bonds is 5. The van der Waals surface area contributed by atoms with Gasteiger partial charge in [-0.05, 0) is 57.2 Å². The fourth-order valence-corrected chi connectivity index (χ4v) is 3.93. The van der Waals surface area contributed by atoms with Gasteiger partial charge in [-0.25, -0.2) is 0 Å². The molecule has 0 amide bonds. The number of furan rings is 1. The monoisotopic (exact) mass is 353 g/mol. The molecule has 0 bridgehead atoms. The Kier molecular flexibility index (Phi) is 4.78. The van der Waals surface area contributed by atoms with Gasteiger partial charge >= 0.3 is 0 Å². The first-order valence-electron chi connectivity index (χ1n) is 9.31. The lowest BCUT2D eigenvalue weighted by molar-refractivity contribution is 0.195. The highest BCUT2D eigenvalue weighted by Crippen LogP contribution is 2.27. The second kappa shape index (κ2) is 7.21. The van der Waals surface area contributed by atoms with E-state index in [0.717, 1.165) is 43.4 Å². The van der Waals surface area contributed by atoms with Gasteiger partial charge in [0.15, 0.2) is 0 Å². The minimum absolute atomic E-state index is 0.454. The molecule has 6 heteroatoms. The highest BCUT2D eigenvalue weighted by molar-refractivity contribution is 5.77. The molecule has 0 spiro atoms. The quantitative estimate of drug-likeness (QED) is 0.706. The summed E-state index contributed by atoms with van der Waals surface area (Å²) < 4.78 is 7.63. The molecule has 0 unspecified atom stereocenters. The Balaban J connectivity index is 1.46. The highest BCUT2D eigenvalue weighted by atomic mass is 16.3. The molecule has 0 aliphatic carbocycles. The molecule has 26 heavy (non-hydrogen) atoms. The third-order valence-electron chi connectivity index (χ3n) is 5.25. The van der Waals surface area contributed by atoms with Crippen LogP contribution in [0.15, 0.2) is 34.9 Å². The number of hydrogen-bond acceptors (Lipinski definition) is 5. The number of aromatic nitrogens is 3. The van der Waals surface area contributed by atoms with E-state index in [1.54, 1.807) is 6.26 Å². The second-order valence-corrected chi connectivity index (χ2v) is 7.64. The van der Waals surface area contributed by atoms with Crippen LogP contribution in [0.3, 0.4) is 0 Å². The van der Waals surface area contributed by atoms with Crippen LogP contribution >= 0.6 is 0 Å². The van der Waals surface area contributed by atoms with Gasteiger partial charge in [0.05, 0.1) is 12.8 Å². The largest absolute Gasteiger partial charge is 0.464 e. The summed E-state index contributed by atoms with van der Waals surface area (Å²) in [4.78, 5) is 4.67. The van der Waals surface area contributed by atoms with Crippen molar-refractivity contribution in [2.75, 3.05) is 27.2 Å². The number of benzene rings is 1. The van der Waals surface area contributed by atoms with Crippen molar-refractivity contribution in [3.05, 3.63) is 47.7 Å². The summed E-state index contributed by atoms with van der Waals surface area (Å²) in [6, 6.07) is 8.51. The molecule has 3 aromatic rings. The Morgan fingerprint density at radius 3 is 2.96 bits per heavy atom. The third kappa shape index (κ3) is 3.52. The topological polar surface area (TPSA) is 50.3 Å². The molecule has 1 atom stereocenters. The van der Waals surface area contributed by atoms with Crippen LogP contribution in [0, 0.1) is 0 Å². The summed E-state index contributed by atoms with van der Waals surface area (Å²) in [6.07, 6.45) is 4.14. The molecule has 1 aromatic carbocycles.